The fourth-order valence-electron chi connectivity index (χ4n) is 2.28. The largest absolute Gasteiger partial charge is 0.480 e. The summed E-state index contributed by atoms with van der Waals surface area (Å²) in [6.45, 7) is 4.68. The number of carboxylic acids is 1. The summed E-state index contributed by atoms with van der Waals surface area (Å²) in [5, 5.41) is 11.7. The van der Waals surface area contributed by atoms with Crippen molar-refractivity contribution in [2.45, 2.75) is 38.8 Å². The Balaban J connectivity index is 2.31. The summed E-state index contributed by atoms with van der Waals surface area (Å²) >= 11 is 0. The van der Waals surface area contributed by atoms with Gasteiger partial charge in [-0.2, -0.15) is 0 Å². The van der Waals surface area contributed by atoms with E-state index in [-0.39, 0.29) is 0 Å². The number of rotatable bonds is 4. The van der Waals surface area contributed by atoms with Crippen molar-refractivity contribution in [1.29, 1.82) is 0 Å². The molecule has 1 fully saturated rings. The number of nitrogens with one attached hydrogen (secondary N) is 1. The molecule has 1 unspecified atom stereocenters. The summed E-state index contributed by atoms with van der Waals surface area (Å²) in [6, 6.07) is 5.82. The van der Waals surface area contributed by atoms with E-state index in [1.54, 1.807) is 12.1 Å². The van der Waals surface area contributed by atoms with Gasteiger partial charge in [0.25, 0.3) is 5.91 Å². The molecule has 2 N–H and O–H groups in total. The van der Waals surface area contributed by atoms with Gasteiger partial charge in [-0.15, -0.1) is 0 Å². The Morgan fingerprint density at radius 1 is 1.29 bits per heavy atom. The van der Waals surface area contributed by atoms with Crippen molar-refractivity contribution in [3.05, 3.63) is 35.4 Å². The number of nitrogens with zero attached hydrogens (tertiary/aromatic N) is 1. The van der Waals surface area contributed by atoms with Crippen molar-refractivity contribution in [2.75, 3.05) is 0 Å². The standard InChI is InChI=1S/C15H18N2O4/c1-4-9-5-7-10(8-6-9)11-12(18)17(14(21)16-11)15(2,3)13(19)20/h5-8,11H,4H2,1-3H3,(H,16,21)(H,19,20). The summed E-state index contributed by atoms with van der Waals surface area (Å²) in [7, 11) is 0. The number of carbonyl (C=O) groups is 3. The number of carboxylic acid groups (broad SMARTS) is 1. The fourth-order valence-corrected chi connectivity index (χ4v) is 2.28. The minimum absolute atomic E-state index is 0.545. The Morgan fingerprint density at radius 3 is 2.33 bits per heavy atom. The normalized spacial score (nSPS) is 18.8. The number of imide groups is 1. The van der Waals surface area contributed by atoms with E-state index in [0.717, 1.165) is 16.9 Å². The molecule has 0 bridgehead atoms. The molecule has 2 rings (SSSR count). The van der Waals surface area contributed by atoms with Crippen LogP contribution in [0.5, 0.6) is 0 Å². The second-order valence-electron chi connectivity index (χ2n) is 5.52. The highest BCUT2D eigenvalue weighted by atomic mass is 16.4. The predicted octanol–water partition coefficient (Wildman–Crippen LogP) is 1.71. The average Bonchev–Trinajstić information content (AvgIpc) is 2.74. The van der Waals surface area contributed by atoms with E-state index in [1.165, 1.54) is 13.8 Å². The zero-order valence-electron chi connectivity index (χ0n) is 12.2. The van der Waals surface area contributed by atoms with Crippen LogP contribution in [0.4, 0.5) is 4.79 Å². The van der Waals surface area contributed by atoms with E-state index >= 15 is 0 Å². The highest BCUT2D eigenvalue weighted by Crippen LogP contribution is 2.28. The molecule has 1 aromatic carbocycles. The van der Waals surface area contributed by atoms with Crippen molar-refractivity contribution in [3.8, 4) is 0 Å². The lowest BCUT2D eigenvalue weighted by Crippen LogP contribution is -2.53. The summed E-state index contributed by atoms with van der Waals surface area (Å²) < 4.78 is 0. The Kier molecular flexibility index (Phi) is 3.72. The number of urea groups is 1. The first-order chi connectivity index (χ1) is 9.78. The summed E-state index contributed by atoms with van der Waals surface area (Å²) in [6.07, 6.45) is 0.878. The molecule has 112 valence electrons. The van der Waals surface area contributed by atoms with E-state index in [2.05, 4.69) is 5.32 Å². The Labute approximate surface area is 122 Å². The van der Waals surface area contributed by atoms with Crippen LogP contribution in [0.1, 0.15) is 37.9 Å². The van der Waals surface area contributed by atoms with Gasteiger partial charge in [0, 0.05) is 0 Å². The third-order valence-electron chi connectivity index (χ3n) is 3.74. The average molecular weight is 290 g/mol. The van der Waals surface area contributed by atoms with Gasteiger partial charge in [-0.3, -0.25) is 4.79 Å². The Morgan fingerprint density at radius 2 is 1.86 bits per heavy atom. The van der Waals surface area contributed by atoms with Crippen LogP contribution < -0.4 is 5.32 Å². The van der Waals surface area contributed by atoms with Gasteiger partial charge in [0.1, 0.15) is 11.6 Å². The van der Waals surface area contributed by atoms with Gasteiger partial charge in [-0.1, -0.05) is 31.2 Å². The monoisotopic (exact) mass is 290 g/mol. The van der Waals surface area contributed by atoms with Gasteiger partial charge in [-0.05, 0) is 31.4 Å². The molecule has 1 aliphatic rings. The molecule has 1 aromatic rings. The van der Waals surface area contributed by atoms with Gasteiger partial charge >= 0.3 is 12.0 Å². The van der Waals surface area contributed by atoms with E-state index in [9.17, 15) is 19.5 Å². The number of hydrogen-bond donors (Lipinski definition) is 2. The molecule has 0 radical (unpaired) electrons. The zero-order valence-corrected chi connectivity index (χ0v) is 12.2. The van der Waals surface area contributed by atoms with Crippen molar-refractivity contribution < 1.29 is 19.5 Å². The highest BCUT2D eigenvalue weighted by Gasteiger charge is 2.49. The second kappa shape index (κ2) is 5.20. The van der Waals surface area contributed by atoms with Crippen LogP contribution in [0, 0.1) is 0 Å². The molecule has 21 heavy (non-hydrogen) atoms. The molecule has 1 heterocycles. The zero-order chi connectivity index (χ0) is 15.8. The predicted molar refractivity (Wildman–Crippen MR) is 75.7 cm³/mol. The van der Waals surface area contributed by atoms with E-state index < -0.39 is 29.5 Å². The molecule has 1 atom stereocenters. The smallest absolute Gasteiger partial charge is 0.329 e. The number of aliphatic carboxylic acids is 1. The van der Waals surface area contributed by atoms with Crippen molar-refractivity contribution in [3.63, 3.8) is 0 Å². The topological polar surface area (TPSA) is 86.7 Å². The first-order valence-corrected chi connectivity index (χ1v) is 6.75. The van der Waals surface area contributed by atoms with Gasteiger partial charge in [-0.25, -0.2) is 14.5 Å². The van der Waals surface area contributed by atoms with Crippen LogP contribution >= 0.6 is 0 Å². The maximum absolute atomic E-state index is 12.4. The van der Waals surface area contributed by atoms with Crippen LogP contribution in [0.15, 0.2) is 24.3 Å². The minimum Gasteiger partial charge on any atom is -0.480 e. The van der Waals surface area contributed by atoms with Crippen LogP contribution in [-0.4, -0.2) is 33.5 Å². The highest BCUT2D eigenvalue weighted by molar-refractivity contribution is 6.08. The number of amides is 3. The Hall–Kier alpha value is -2.37. The van der Waals surface area contributed by atoms with E-state index in [4.69, 9.17) is 0 Å². The third-order valence-corrected chi connectivity index (χ3v) is 3.74. The molecule has 6 heteroatoms. The van der Waals surface area contributed by atoms with Gasteiger partial charge < -0.3 is 10.4 Å². The van der Waals surface area contributed by atoms with Gasteiger partial charge in [0.15, 0.2) is 0 Å². The minimum atomic E-state index is -1.58. The number of carbonyl (C=O) groups excluding carboxylic acids is 2. The molecule has 0 saturated carbocycles. The SMILES string of the molecule is CCc1ccc(C2NC(=O)N(C(C)(C)C(=O)O)C2=O)cc1. The van der Waals surface area contributed by atoms with E-state index in [1.807, 2.05) is 19.1 Å². The van der Waals surface area contributed by atoms with Crippen LogP contribution in [-0.2, 0) is 16.0 Å². The molecule has 3 amide bonds. The summed E-state index contributed by atoms with van der Waals surface area (Å²) in [5.41, 5.74) is 0.187. The molecular formula is C15H18N2O4. The fraction of sp³-hybridized carbons (Fsp3) is 0.400. The van der Waals surface area contributed by atoms with Crippen LogP contribution in [0.2, 0.25) is 0 Å². The first-order valence-electron chi connectivity index (χ1n) is 6.75. The van der Waals surface area contributed by atoms with Crippen molar-refractivity contribution >= 4 is 17.9 Å². The number of benzene rings is 1. The Bertz CT molecular complexity index is 592. The lowest BCUT2D eigenvalue weighted by atomic mass is 10.0. The van der Waals surface area contributed by atoms with Crippen molar-refractivity contribution in [2.24, 2.45) is 0 Å². The molecule has 6 nitrogen and oxygen atoms in total. The molecule has 0 aliphatic carbocycles. The summed E-state index contributed by atoms with van der Waals surface area (Å²) in [4.78, 5) is 36.4. The molecule has 0 aromatic heterocycles. The first kappa shape index (κ1) is 15.0. The quantitative estimate of drug-likeness (QED) is 0.826. The molecule has 1 saturated heterocycles. The second-order valence-corrected chi connectivity index (χ2v) is 5.52. The molecule has 1 aliphatic heterocycles. The van der Waals surface area contributed by atoms with Crippen LogP contribution in [0.3, 0.4) is 0 Å². The third kappa shape index (κ3) is 2.49. The maximum atomic E-state index is 12.4. The van der Waals surface area contributed by atoms with Gasteiger partial charge in [0.05, 0.1) is 0 Å². The number of hydrogen-bond acceptors (Lipinski definition) is 3. The molecular weight excluding hydrogens is 272 g/mol. The van der Waals surface area contributed by atoms with Gasteiger partial charge in [0.2, 0.25) is 0 Å². The number of aryl methyl sites for hydroxylation is 1. The van der Waals surface area contributed by atoms with E-state index in [0.29, 0.717) is 5.56 Å². The summed E-state index contributed by atoms with van der Waals surface area (Å²) in [5.74, 6) is -1.77. The van der Waals surface area contributed by atoms with Crippen molar-refractivity contribution in [1.82, 2.24) is 10.2 Å². The maximum Gasteiger partial charge on any atom is 0.329 e. The molecule has 0 spiro atoms. The van der Waals surface area contributed by atoms with Crippen LogP contribution in [0.25, 0.3) is 0 Å². The lowest BCUT2D eigenvalue weighted by Gasteiger charge is -2.28. The lowest BCUT2D eigenvalue weighted by molar-refractivity contribution is -0.152.